The van der Waals surface area contributed by atoms with E-state index in [1.54, 1.807) is 26.8 Å². The molecular weight excluding hydrogens is 318 g/mol. The molecule has 2 N–H and O–H groups in total. The van der Waals surface area contributed by atoms with Crippen molar-refractivity contribution in [1.29, 1.82) is 0 Å². The number of rotatable bonds is 4. The van der Waals surface area contributed by atoms with Gasteiger partial charge in [0.05, 0.1) is 12.1 Å². The lowest BCUT2D eigenvalue weighted by molar-refractivity contribution is -0.112. The fraction of sp³-hybridized carbons (Fsp3) is 0.450. The summed E-state index contributed by atoms with van der Waals surface area (Å²) < 4.78 is 5.16. The Kier molecular flexibility index (Phi) is 6.03. The van der Waals surface area contributed by atoms with E-state index in [1.807, 2.05) is 49.4 Å². The van der Waals surface area contributed by atoms with Crippen molar-refractivity contribution in [3.63, 3.8) is 0 Å². The van der Waals surface area contributed by atoms with E-state index in [-0.39, 0.29) is 5.92 Å². The predicted molar refractivity (Wildman–Crippen MR) is 97.0 cm³/mol. The molecule has 3 atom stereocenters. The highest BCUT2D eigenvalue weighted by atomic mass is 16.6. The Morgan fingerprint density at radius 2 is 1.92 bits per heavy atom. The molecule has 1 aliphatic carbocycles. The summed E-state index contributed by atoms with van der Waals surface area (Å²) in [5.41, 5.74) is 1.19. The summed E-state index contributed by atoms with van der Waals surface area (Å²) in [7, 11) is 0. The second-order valence-electron chi connectivity index (χ2n) is 7.42. The van der Waals surface area contributed by atoms with Crippen LogP contribution in [0.4, 0.5) is 4.79 Å². The maximum absolute atomic E-state index is 11.9. The fourth-order valence-electron chi connectivity index (χ4n) is 2.80. The number of amides is 1. The lowest BCUT2D eigenvalue weighted by Gasteiger charge is -2.27. The summed E-state index contributed by atoms with van der Waals surface area (Å²) in [5.74, 6) is -0.165. The van der Waals surface area contributed by atoms with Crippen molar-refractivity contribution in [2.45, 2.75) is 51.9 Å². The van der Waals surface area contributed by atoms with Gasteiger partial charge in [-0.2, -0.15) is 5.06 Å². The minimum Gasteiger partial charge on any atom is -0.442 e. The van der Waals surface area contributed by atoms with Gasteiger partial charge >= 0.3 is 6.09 Å². The topological polar surface area (TPSA) is 70.0 Å². The molecule has 1 aromatic carbocycles. The number of hydroxylamine groups is 2. The van der Waals surface area contributed by atoms with Crippen molar-refractivity contribution in [2.24, 2.45) is 5.92 Å². The number of hydrogen-bond donors (Lipinski definition) is 2. The zero-order chi connectivity index (χ0) is 18.6. The van der Waals surface area contributed by atoms with Gasteiger partial charge in [-0.3, -0.25) is 5.21 Å². The molecule has 2 rings (SSSR count). The van der Waals surface area contributed by atoms with E-state index in [9.17, 15) is 15.1 Å². The van der Waals surface area contributed by atoms with Gasteiger partial charge in [-0.15, -0.1) is 0 Å². The molecule has 0 bridgehead atoms. The van der Waals surface area contributed by atoms with Crippen LogP contribution in [0.2, 0.25) is 0 Å². The van der Waals surface area contributed by atoms with Crippen LogP contribution in [0.25, 0.3) is 6.08 Å². The first-order chi connectivity index (χ1) is 11.7. The zero-order valence-electron chi connectivity index (χ0n) is 15.2. The molecule has 0 spiro atoms. The Labute approximate surface area is 149 Å². The second-order valence-corrected chi connectivity index (χ2v) is 7.42. The van der Waals surface area contributed by atoms with Crippen LogP contribution in [-0.2, 0) is 4.74 Å². The van der Waals surface area contributed by atoms with Gasteiger partial charge in [0.15, 0.2) is 0 Å². The lowest BCUT2D eigenvalue weighted by atomic mass is 9.94. The van der Waals surface area contributed by atoms with E-state index in [0.717, 1.165) is 11.1 Å². The molecule has 0 radical (unpaired) electrons. The number of ether oxygens (including phenoxy) is 1. The average Bonchev–Trinajstić information content (AvgIpc) is 3.02. The summed E-state index contributed by atoms with van der Waals surface area (Å²) >= 11 is 0. The quantitative estimate of drug-likeness (QED) is 0.491. The van der Waals surface area contributed by atoms with Crippen LogP contribution in [-0.4, -0.2) is 39.2 Å². The van der Waals surface area contributed by atoms with E-state index in [1.165, 1.54) is 0 Å². The normalized spacial score (nSPS) is 21.9. The van der Waals surface area contributed by atoms with Gasteiger partial charge in [0.1, 0.15) is 5.60 Å². The first-order valence-electron chi connectivity index (χ1n) is 8.48. The number of carbonyl (C=O) groups excluding carboxylic acids is 1. The molecule has 0 fully saturated rings. The highest BCUT2D eigenvalue weighted by Gasteiger charge is 2.33. The smallest absolute Gasteiger partial charge is 0.434 e. The van der Waals surface area contributed by atoms with Crippen molar-refractivity contribution in [3.05, 3.63) is 53.6 Å². The molecule has 1 aromatic rings. The van der Waals surface area contributed by atoms with Gasteiger partial charge in [0.25, 0.3) is 0 Å². The molecule has 1 aliphatic rings. The number of nitrogens with zero attached hydrogens (tertiary/aromatic N) is 1. The standard InChI is InChI=1S/C20H27NO4/c1-14(12-15-8-6-5-7-9-15)18(22)16-10-11-17(13-16)21(24)19(23)25-20(2,3)4/h5-12,16-18,22,24H,13H2,1-4H3/b14-12+/t16-,17+,18?/m1/s1. The first kappa shape index (κ1) is 19.2. The van der Waals surface area contributed by atoms with Gasteiger partial charge in [-0.1, -0.05) is 48.6 Å². The van der Waals surface area contributed by atoms with Crippen molar-refractivity contribution in [1.82, 2.24) is 5.06 Å². The van der Waals surface area contributed by atoms with Crippen molar-refractivity contribution >= 4 is 12.2 Å². The molecule has 0 saturated carbocycles. The predicted octanol–water partition coefficient (Wildman–Crippen LogP) is 4.02. The van der Waals surface area contributed by atoms with Crippen LogP contribution in [0.5, 0.6) is 0 Å². The van der Waals surface area contributed by atoms with E-state index in [4.69, 9.17) is 4.74 Å². The number of aliphatic hydroxyl groups is 1. The summed E-state index contributed by atoms with van der Waals surface area (Å²) in [4.78, 5) is 11.9. The summed E-state index contributed by atoms with van der Waals surface area (Å²) in [6.07, 6.45) is 4.49. The van der Waals surface area contributed by atoms with Crippen molar-refractivity contribution in [2.75, 3.05) is 0 Å². The lowest BCUT2D eigenvalue weighted by Crippen LogP contribution is -2.40. The molecule has 136 valence electrons. The van der Waals surface area contributed by atoms with E-state index < -0.39 is 23.8 Å². The van der Waals surface area contributed by atoms with Crippen LogP contribution < -0.4 is 0 Å². The highest BCUT2D eigenvalue weighted by molar-refractivity contribution is 5.67. The van der Waals surface area contributed by atoms with Crippen molar-refractivity contribution in [3.8, 4) is 0 Å². The zero-order valence-corrected chi connectivity index (χ0v) is 15.2. The molecular formula is C20H27NO4. The van der Waals surface area contributed by atoms with E-state index >= 15 is 0 Å². The van der Waals surface area contributed by atoms with E-state index in [2.05, 4.69) is 0 Å². The molecule has 1 amide bonds. The summed E-state index contributed by atoms with van der Waals surface area (Å²) in [6.45, 7) is 7.11. The average molecular weight is 345 g/mol. The largest absolute Gasteiger partial charge is 0.442 e. The Bertz CT molecular complexity index is 645. The van der Waals surface area contributed by atoms with E-state index in [0.29, 0.717) is 11.5 Å². The summed E-state index contributed by atoms with van der Waals surface area (Å²) in [6, 6.07) is 9.28. The number of hydrogen-bond acceptors (Lipinski definition) is 4. The number of benzene rings is 1. The third-order valence-electron chi connectivity index (χ3n) is 4.05. The SMILES string of the molecule is C/C(=C\c1ccccc1)C(O)[C@@H]1C=C[C@H](N(O)C(=O)OC(C)(C)C)C1. The van der Waals surface area contributed by atoms with Gasteiger partial charge < -0.3 is 9.84 Å². The Morgan fingerprint density at radius 1 is 1.28 bits per heavy atom. The van der Waals surface area contributed by atoms with Crippen LogP contribution in [0, 0.1) is 5.92 Å². The minimum absolute atomic E-state index is 0.165. The Hall–Kier alpha value is -2.11. The molecule has 0 aromatic heterocycles. The number of carbonyl (C=O) groups is 1. The van der Waals surface area contributed by atoms with Crippen LogP contribution in [0.3, 0.4) is 0 Å². The van der Waals surface area contributed by atoms with Crippen molar-refractivity contribution < 1.29 is 19.8 Å². The fourth-order valence-corrected chi connectivity index (χ4v) is 2.80. The first-order valence-corrected chi connectivity index (χ1v) is 8.48. The Balaban J connectivity index is 1.97. The third kappa shape index (κ3) is 5.44. The second kappa shape index (κ2) is 7.85. The van der Waals surface area contributed by atoms with Crippen LogP contribution in [0.1, 0.15) is 39.7 Å². The molecule has 0 aliphatic heterocycles. The van der Waals surface area contributed by atoms with Gasteiger partial charge in [-0.05, 0) is 45.3 Å². The number of aliphatic hydroxyl groups excluding tert-OH is 1. The molecule has 5 nitrogen and oxygen atoms in total. The molecule has 0 heterocycles. The molecule has 0 saturated heterocycles. The van der Waals surface area contributed by atoms with Gasteiger partial charge in [0, 0.05) is 5.92 Å². The van der Waals surface area contributed by atoms with Gasteiger partial charge in [0.2, 0.25) is 0 Å². The third-order valence-corrected chi connectivity index (χ3v) is 4.05. The maximum atomic E-state index is 11.9. The summed E-state index contributed by atoms with van der Waals surface area (Å²) in [5, 5.41) is 21.2. The molecule has 25 heavy (non-hydrogen) atoms. The monoisotopic (exact) mass is 345 g/mol. The Morgan fingerprint density at radius 3 is 2.52 bits per heavy atom. The maximum Gasteiger partial charge on any atom is 0.434 e. The molecule has 1 unspecified atom stereocenters. The molecule has 5 heteroatoms. The highest BCUT2D eigenvalue weighted by Crippen LogP contribution is 2.29. The van der Waals surface area contributed by atoms with Gasteiger partial charge in [-0.25, -0.2) is 4.79 Å². The van der Waals surface area contributed by atoms with Crippen LogP contribution >= 0.6 is 0 Å². The minimum atomic E-state index is -0.783. The van der Waals surface area contributed by atoms with Crippen LogP contribution in [0.15, 0.2) is 48.1 Å².